The highest BCUT2D eigenvalue weighted by atomic mass is 35.5. The molecule has 2 aromatic carbocycles. The molecule has 0 amide bonds. The van der Waals surface area contributed by atoms with Crippen molar-refractivity contribution in [3.8, 4) is 11.3 Å². The summed E-state index contributed by atoms with van der Waals surface area (Å²) in [5.41, 5.74) is 3.29. The largest absolute Gasteiger partial charge is 0.416 e. The molecule has 0 saturated carbocycles. The first-order chi connectivity index (χ1) is 12.4. The zero-order chi connectivity index (χ0) is 18.3. The minimum absolute atomic E-state index is 0.381. The molecule has 0 bridgehead atoms. The van der Waals surface area contributed by atoms with E-state index < -0.39 is 11.7 Å². The van der Waals surface area contributed by atoms with Crippen molar-refractivity contribution in [3.05, 3.63) is 70.8 Å². The molecule has 0 unspecified atom stereocenters. The lowest BCUT2D eigenvalue weighted by molar-refractivity contribution is -0.0885. The van der Waals surface area contributed by atoms with Crippen molar-refractivity contribution in [1.29, 1.82) is 0 Å². The maximum Gasteiger partial charge on any atom is 0.416 e. The SMILES string of the molecule is FC(F)(F)C1=CCCC(c2cccc(-c3n[nH]c4ccc(Cl)cc34)c2)=C1. The second kappa shape index (κ2) is 6.32. The van der Waals surface area contributed by atoms with Gasteiger partial charge >= 0.3 is 6.18 Å². The topological polar surface area (TPSA) is 28.7 Å². The van der Waals surface area contributed by atoms with Crippen LogP contribution in [0.3, 0.4) is 0 Å². The van der Waals surface area contributed by atoms with Gasteiger partial charge < -0.3 is 0 Å². The molecule has 0 saturated heterocycles. The number of benzene rings is 2. The Balaban J connectivity index is 1.77. The first-order valence-corrected chi connectivity index (χ1v) is 8.52. The van der Waals surface area contributed by atoms with Gasteiger partial charge in [0.15, 0.2) is 0 Å². The van der Waals surface area contributed by atoms with Gasteiger partial charge in [0.05, 0.1) is 16.8 Å². The van der Waals surface area contributed by atoms with Crippen LogP contribution >= 0.6 is 11.6 Å². The van der Waals surface area contributed by atoms with Crippen molar-refractivity contribution in [1.82, 2.24) is 10.2 Å². The van der Waals surface area contributed by atoms with Gasteiger partial charge in [-0.25, -0.2) is 0 Å². The number of allylic oxidation sites excluding steroid dienone is 4. The highest BCUT2D eigenvalue weighted by molar-refractivity contribution is 6.31. The fourth-order valence-electron chi connectivity index (χ4n) is 3.20. The summed E-state index contributed by atoms with van der Waals surface area (Å²) in [6, 6.07) is 12.9. The Kier molecular flexibility index (Phi) is 4.11. The number of nitrogens with one attached hydrogen (secondary N) is 1. The van der Waals surface area contributed by atoms with E-state index in [1.807, 2.05) is 36.4 Å². The normalized spacial score (nSPS) is 15.1. The number of hydrogen-bond donors (Lipinski definition) is 1. The third-order valence-corrected chi connectivity index (χ3v) is 4.70. The fraction of sp³-hybridized carbons (Fsp3) is 0.150. The van der Waals surface area contributed by atoms with Crippen LogP contribution in [0.2, 0.25) is 5.02 Å². The number of alkyl halides is 3. The Hall–Kier alpha value is -2.53. The van der Waals surface area contributed by atoms with Crippen LogP contribution in [0.25, 0.3) is 27.7 Å². The minimum Gasteiger partial charge on any atom is -0.277 e. The summed E-state index contributed by atoms with van der Waals surface area (Å²) in [7, 11) is 0. The van der Waals surface area contributed by atoms with E-state index in [0.29, 0.717) is 23.4 Å². The molecule has 0 atom stereocenters. The van der Waals surface area contributed by atoms with E-state index in [1.54, 1.807) is 6.07 Å². The Morgan fingerprint density at radius 1 is 1.04 bits per heavy atom. The molecule has 0 radical (unpaired) electrons. The van der Waals surface area contributed by atoms with Crippen LogP contribution in [0.15, 0.2) is 60.2 Å². The molecule has 0 spiro atoms. The summed E-state index contributed by atoms with van der Waals surface area (Å²) in [6.07, 6.45) is -0.876. The molecule has 1 aliphatic carbocycles. The molecule has 0 fully saturated rings. The average molecular weight is 375 g/mol. The molecule has 1 heterocycles. The van der Waals surface area contributed by atoms with Crippen LogP contribution in [0.5, 0.6) is 0 Å². The van der Waals surface area contributed by atoms with Gasteiger partial charge in [-0.15, -0.1) is 0 Å². The number of aromatic nitrogens is 2. The fourth-order valence-corrected chi connectivity index (χ4v) is 3.37. The molecule has 0 aliphatic heterocycles. The van der Waals surface area contributed by atoms with Gasteiger partial charge in [-0.2, -0.15) is 18.3 Å². The molecular formula is C20H14ClF3N2. The number of fused-ring (bicyclic) bond motifs is 1. The van der Waals surface area contributed by atoms with E-state index in [2.05, 4.69) is 10.2 Å². The van der Waals surface area contributed by atoms with Gasteiger partial charge in [-0.3, -0.25) is 5.10 Å². The molecular weight excluding hydrogens is 361 g/mol. The standard InChI is InChI=1S/C20H14ClF3N2/c21-16-7-8-18-17(11-16)19(26-25-18)14-5-1-3-12(9-14)13-4-2-6-15(10-13)20(22,23)24/h1,3,5-11H,2,4H2,(H,25,26). The summed E-state index contributed by atoms with van der Waals surface area (Å²) >= 11 is 6.08. The van der Waals surface area contributed by atoms with Crippen LogP contribution in [0.4, 0.5) is 13.2 Å². The second-order valence-corrected chi connectivity index (χ2v) is 6.64. The van der Waals surface area contributed by atoms with Crippen molar-refractivity contribution in [2.75, 3.05) is 0 Å². The Labute approximate surface area is 153 Å². The lowest BCUT2D eigenvalue weighted by Crippen LogP contribution is -2.12. The van der Waals surface area contributed by atoms with E-state index in [-0.39, 0.29) is 0 Å². The minimum atomic E-state index is -4.32. The van der Waals surface area contributed by atoms with Gasteiger partial charge in [0.25, 0.3) is 0 Å². The maximum atomic E-state index is 13.0. The molecule has 2 nitrogen and oxygen atoms in total. The van der Waals surface area contributed by atoms with Crippen LogP contribution in [-0.2, 0) is 0 Å². The van der Waals surface area contributed by atoms with E-state index in [9.17, 15) is 13.2 Å². The predicted molar refractivity (Wildman–Crippen MR) is 97.9 cm³/mol. The first-order valence-electron chi connectivity index (χ1n) is 8.14. The Bertz CT molecular complexity index is 1040. The first kappa shape index (κ1) is 16.9. The summed E-state index contributed by atoms with van der Waals surface area (Å²) < 4.78 is 39.0. The molecule has 26 heavy (non-hydrogen) atoms. The lowest BCUT2D eigenvalue weighted by atomic mass is 9.92. The Morgan fingerprint density at radius 3 is 2.65 bits per heavy atom. The molecule has 3 aromatic rings. The summed E-state index contributed by atoms with van der Waals surface area (Å²) in [6.45, 7) is 0. The number of rotatable bonds is 2. The lowest BCUT2D eigenvalue weighted by Gasteiger charge is -2.16. The van der Waals surface area contributed by atoms with Crippen molar-refractivity contribution < 1.29 is 13.2 Å². The summed E-state index contributed by atoms with van der Waals surface area (Å²) in [5.74, 6) is 0. The van der Waals surface area contributed by atoms with Gasteiger partial charge in [-0.1, -0.05) is 35.9 Å². The second-order valence-electron chi connectivity index (χ2n) is 6.21. The van der Waals surface area contributed by atoms with E-state index >= 15 is 0 Å². The molecule has 1 aromatic heterocycles. The molecule has 4 rings (SSSR count). The van der Waals surface area contributed by atoms with Gasteiger partial charge in [-0.05, 0) is 54.3 Å². The predicted octanol–water partition coefficient (Wildman–Crippen LogP) is 6.55. The molecule has 1 aliphatic rings. The maximum absolute atomic E-state index is 13.0. The quantitative estimate of drug-likeness (QED) is 0.541. The van der Waals surface area contributed by atoms with Crippen molar-refractivity contribution >= 4 is 28.1 Å². The molecule has 6 heteroatoms. The monoisotopic (exact) mass is 374 g/mol. The van der Waals surface area contributed by atoms with Crippen LogP contribution < -0.4 is 0 Å². The van der Waals surface area contributed by atoms with E-state index in [1.165, 1.54) is 12.2 Å². The van der Waals surface area contributed by atoms with E-state index in [0.717, 1.165) is 27.7 Å². The smallest absolute Gasteiger partial charge is 0.277 e. The van der Waals surface area contributed by atoms with Gasteiger partial charge in [0.1, 0.15) is 0 Å². The summed E-state index contributed by atoms with van der Waals surface area (Å²) in [4.78, 5) is 0. The highest BCUT2D eigenvalue weighted by Crippen LogP contribution is 2.36. The third kappa shape index (κ3) is 3.15. The van der Waals surface area contributed by atoms with Crippen LogP contribution in [0.1, 0.15) is 18.4 Å². The van der Waals surface area contributed by atoms with Crippen molar-refractivity contribution in [3.63, 3.8) is 0 Å². The zero-order valence-corrected chi connectivity index (χ0v) is 14.3. The highest BCUT2D eigenvalue weighted by Gasteiger charge is 2.33. The molecule has 132 valence electrons. The van der Waals surface area contributed by atoms with E-state index in [4.69, 9.17) is 11.6 Å². The molecule has 1 N–H and O–H groups in total. The Morgan fingerprint density at radius 2 is 1.85 bits per heavy atom. The van der Waals surface area contributed by atoms with Crippen LogP contribution in [0, 0.1) is 0 Å². The number of aromatic amines is 1. The number of nitrogens with zero attached hydrogens (tertiary/aromatic N) is 1. The number of H-pyrrole nitrogens is 1. The van der Waals surface area contributed by atoms with Gasteiger partial charge in [0.2, 0.25) is 0 Å². The van der Waals surface area contributed by atoms with Crippen molar-refractivity contribution in [2.45, 2.75) is 19.0 Å². The average Bonchev–Trinajstić information content (AvgIpc) is 3.04. The summed E-state index contributed by atoms with van der Waals surface area (Å²) in [5, 5.41) is 8.79. The van der Waals surface area contributed by atoms with Crippen molar-refractivity contribution in [2.24, 2.45) is 0 Å². The third-order valence-electron chi connectivity index (χ3n) is 4.47. The van der Waals surface area contributed by atoms with Crippen LogP contribution in [-0.4, -0.2) is 16.4 Å². The number of halogens is 4. The van der Waals surface area contributed by atoms with Gasteiger partial charge in [0, 0.05) is 16.0 Å². The zero-order valence-electron chi connectivity index (χ0n) is 13.6. The number of hydrogen-bond acceptors (Lipinski definition) is 1.